The van der Waals surface area contributed by atoms with Crippen LogP contribution in [0.5, 0.6) is 0 Å². The summed E-state index contributed by atoms with van der Waals surface area (Å²) >= 11 is 0. The number of Topliss-reactive ketones (excluding diaryl/α,β-unsaturated/α-hetero) is 1. The van der Waals surface area contributed by atoms with Crippen molar-refractivity contribution < 1.29 is 56.5 Å². The van der Waals surface area contributed by atoms with Crippen LogP contribution in [0.25, 0.3) is 0 Å². The number of ketones is 1. The van der Waals surface area contributed by atoms with Crippen LogP contribution < -0.4 is 10.6 Å². The summed E-state index contributed by atoms with van der Waals surface area (Å²) in [4.78, 5) is 76.7. The van der Waals surface area contributed by atoms with Gasteiger partial charge < -0.3 is 25.7 Å². The minimum absolute atomic E-state index is 0.0155. The minimum Gasteiger partial charge on any atom is -0.481 e. The number of likely N-dealkylation sites (tertiary alicyclic amines) is 1. The maximum Gasteiger partial charge on any atom is 0.335 e. The van der Waals surface area contributed by atoms with E-state index in [9.17, 15) is 51.4 Å². The molecule has 3 aromatic rings. The topological polar surface area (TPSA) is 170 Å². The first-order valence-electron chi connectivity index (χ1n) is 15.5. The average Bonchev–Trinajstić information content (AvgIpc) is 3.52. The molecule has 0 aromatic heterocycles. The van der Waals surface area contributed by atoms with Gasteiger partial charge in [0.1, 0.15) is 23.7 Å². The summed E-state index contributed by atoms with van der Waals surface area (Å²) in [6.07, 6.45) is -5.56. The molecule has 0 radical (unpaired) electrons. The number of aromatic carboxylic acids is 1. The summed E-state index contributed by atoms with van der Waals surface area (Å²) in [5, 5.41) is 22.7. The van der Waals surface area contributed by atoms with E-state index in [2.05, 4.69) is 10.6 Å². The lowest BCUT2D eigenvalue weighted by atomic mass is 9.96. The smallest absolute Gasteiger partial charge is 0.335 e. The number of rotatable bonds is 15. The molecule has 0 bridgehead atoms. The molecule has 3 atom stereocenters. The monoisotopic (exact) mass is 699 g/mol. The Morgan fingerprint density at radius 2 is 1.46 bits per heavy atom. The quantitative estimate of drug-likeness (QED) is 0.138. The number of alkyl halides is 2. The van der Waals surface area contributed by atoms with Crippen molar-refractivity contribution in [3.63, 3.8) is 0 Å². The van der Waals surface area contributed by atoms with Gasteiger partial charge in [-0.3, -0.25) is 24.0 Å². The molecule has 1 heterocycles. The molecule has 3 aromatic carbocycles. The molecule has 264 valence electrons. The molecular formula is C35H33F4N3O8. The number of nitrogens with zero attached hydrogens (tertiary/aromatic N) is 1. The zero-order valence-electron chi connectivity index (χ0n) is 26.4. The Morgan fingerprint density at radius 1 is 0.860 bits per heavy atom. The fourth-order valence-electron chi connectivity index (χ4n) is 5.83. The Labute approximate surface area is 283 Å². The molecular weight excluding hydrogens is 666 g/mol. The second-order valence-electron chi connectivity index (χ2n) is 11.7. The van der Waals surface area contributed by atoms with E-state index >= 15 is 0 Å². The molecule has 0 aliphatic carbocycles. The van der Waals surface area contributed by atoms with Gasteiger partial charge in [-0.2, -0.15) is 0 Å². The third kappa shape index (κ3) is 9.51. The van der Waals surface area contributed by atoms with Crippen LogP contribution in [0.2, 0.25) is 0 Å². The van der Waals surface area contributed by atoms with Crippen LogP contribution in [0.15, 0.2) is 66.7 Å². The molecule has 0 unspecified atom stereocenters. The van der Waals surface area contributed by atoms with Crippen LogP contribution in [0.1, 0.15) is 51.4 Å². The minimum atomic E-state index is -3.07. The third-order valence-electron chi connectivity index (χ3n) is 8.29. The van der Waals surface area contributed by atoms with Gasteiger partial charge in [0, 0.05) is 37.4 Å². The van der Waals surface area contributed by atoms with Gasteiger partial charge in [-0.1, -0.05) is 54.6 Å². The van der Waals surface area contributed by atoms with Crippen LogP contribution >= 0.6 is 0 Å². The number of hydrogen-bond donors (Lipinski definition) is 4. The number of amides is 3. The number of carbonyl (C=O) groups is 6. The summed E-state index contributed by atoms with van der Waals surface area (Å²) in [6.45, 7) is -0.552. The molecule has 0 spiro atoms. The zero-order chi connectivity index (χ0) is 36.5. The number of carboxylic acids is 2. The molecule has 50 heavy (non-hydrogen) atoms. The first-order valence-corrected chi connectivity index (χ1v) is 15.5. The molecule has 1 fully saturated rings. The third-order valence-corrected chi connectivity index (χ3v) is 8.29. The summed E-state index contributed by atoms with van der Waals surface area (Å²) in [5.41, 5.74) is 0.178. The number of nitrogens with one attached hydrogen (secondary N) is 2. The number of carboxylic acid groups (broad SMARTS) is 2. The molecule has 1 saturated heterocycles. The molecule has 15 heteroatoms. The zero-order valence-corrected chi connectivity index (χ0v) is 26.4. The van der Waals surface area contributed by atoms with E-state index in [-0.39, 0.29) is 13.0 Å². The van der Waals surface area contributed by atoms with Gasteiger partial charge >= 0.3 is 11.9 Å². The van der Waals surface area contributed by atoms with Crippen LogP contribution in [0, 0.1) is 11.6 Å². The Bertz CT molecular complexity index is 1750. The predicted molar refractivity (Wildman–Crippen MR) is 168 cm³/mol. The fraction of sp³-hybridized carbons (Fsp3) is 0.314. The summed E-state index contributed by atoms with van der Waals surface area (Å²) < 4.78 is 55.8. The lowest BCUT2D eigenvalue weighted by molar-refractivity contribution is -0.147. The Morgan fingerprint density at radius 3 is 2.04 bits per heavy atom. The second-order valence-corrected chi connectivity index (χ2v) is 11.7. The van der Waals surface area contributed by atoms with E-state index < -0.39 is 115 Å². The van der Waals surface area contributed by atoms with Crippen molar-refractivity contribution in [1.29, 1.82) is 0 Å². The maximum atomic E-state index is 14.3. The Kier molecular flexibility index (Phi) is 12.4. The fourth-order valence-corrected chi connectivity index (χ4v) is 5.83. The second kappa shape index (κ2) is 16.7. The molecule has 1 aliphatic heterocycles. The van der Waals surface area contributed by atoms with Crippen molar-refractivity contribution in [3.05, 3.63) is 106 Å². The van der Waals surface area contributed by atoms with Gasteiger partial charge in [-0.05, 0) is 41.7 Å². The van der Waals surface area contributed by atoms with Crippen LogP contribution in [-0.2, 0) is 43.2 Å². The molecule has 3 amide bonds. The van der Waals surface area contributed by atoms with E-state index in [4.69, 9.17) is 5.11 Å². The van der Waals surface area contributed by atoms with Crippen molar-refractivity contribution in [3.8, 4) is 0 Å². The molecule has 0 saturated carbocycles. The lowest BCUT2D eigenvalue weighted by Crippen LogP contribution is -2.54. The van der Waals surface area contributed by atoms with Gasteiger partial charge in [-0.25, -0.2) is 22.4 Å². The Balaban J connectivity index is 1.50. The molecule has 11 nitrogen and oxygen atoms in total. The average molecular weight is 700 g/mol. The Hall–Kier alpha value is -5.60. The van der Waals surface area contributed by atoms with Gasteiger partial charge in [0.25, 0.3) is 5.91 Å². The van der Waals surface area contributed by atoms with Gasteiger partial charge in [0.2, 0.25) is 24.0 Å². The van der Waals surface area contributed by atoms with Crippen molar-refractivity contribution >= 4 is 35.4 Å². The number of hydrogen-bond acceptors (Lipinski definition) is 6. The van der Waals surface area contributed by atoms with Gasteiger partial charge in [0.15, 0.2) is 0 Å². The van der Waals surface area contributed by atoms with Crippen molar-refractivity contribution in [2.24, 2.45) is 0 Å². The van der Waals surface area contributed by atoms with Crippen LogP contribution in [0.4, 0.5) is 17.6 Å². The highest BCUT2D eigenvalue weighted by Gasteiger charge is 2.43. The van der Waals surface area contributed by atoms with Gasteiger partial charge in [-0.15, -0.1) is 0 Å². The predicted octanol–water partition coefficient (Wildman–Crippen LogP) is 3.29. The van der Waals surface area contributed by atoms with E-state index in [0.29, 0.717) is 23.3 Å². The number of benzene rings is 3. The van der Waals surface area contributed by atoms with E-state index in [1.165, 1.54) is 12.1 Å². The van der Waals surface area contributed by atoms with Crippen molar-refractivity contribution in [1.82, 2.24) is 15.5 Å². The molecule has 1 aliphatic rings. The number of aliphatic carboxylic acids is 1. The number of halogens is 4. The highest BCUT2D eigenvalue weighted by Crippen LogP contribution is 2.32. The molecule has 4 N–H and O–H groups in total. The lowest BCUT2D eigenvalue weighted by Gasteiger charge is -2.26. The van der Waals surface area contributed by atoms with E-state index in [0.717, 1.165) is 10.5 Å². The van der Waals surface area contributed by atoms with Crippen molar-refractivity contribution in [2.45, 2.75) is 56.5 Å². The standard InChI is InChI=1S/C35H33F4N3O8/c36-25-12-22(35(49)50)13-26(37)24(25)10-11-40-32(46)27(17-30(38)39)41-33(47)28-14-23(19-6-2-1-3-7-19)18-42(28)34(48)29(43)15-20-8-4-5-9-21(20)16-31(44)45/h1-9,12-13,23,27-28,30H,10-11,14-18H2,(H,40,46)(H,41,47)(H,44,45)(H,49,50)/t23-,27+,28+/m1/s1. The first kappa shape index (κ1) is 37.2. The summed E-state index contributed by atoms with van der Waals surface area (Å²) in [5.74, 6) is -9.61. The van der Waals surface area contributed by atoms with E-state index in [1.54, 1.807) is 42.5 Å². The normalized spacial score (nSPS) is 16.1. The highest BCUT2D eigenvalue weighted by atomic mass is 19.3. The highest BCUT2D eigenvalue weighted by molar-refractivity contribution is 6.37. The summed E-state index contributed by atoms with van der Waals surface area (Å²) in [6, 6.07) is 12.9. The molecule has 4 rings (SSSR count). The summed E-state index contributed by atoms with van der Waals surface area (Å²) in [7, 11) is 0. The van der Waals surface area contributed by atoms with Crippen molar-refractivity contribution in [2.75, 3.05) is 13.1 Å². The van der Waals surface area contributed by atoms with E-state index in [1.807, 2.05) is 0 Å². The number of carbonyl (C=O) groups excluding carboxylic acids is 4. The van der Waals surface area contributed by atoms with Crippen LogP contribution in [0.3, 0.4) is 0 Å². The largest absolute Gasteiger partial charge is 0.481 e. The SMILES string of the molecule is O=C(O)Cc1ccccc1CC(=O)C(=O)N1C[C@H](c2ccccc2)C[C@H]1C(=O)N[C@@H](CC(F)F)C(=O)NCCc1c(F)cc(C(=O)O)cc1F. The van der Waals surface area contributed by atoms with Gasteiger partial charge in [0.05, 0.1) is 12.0 Å². The van der Waals surface area contributed by atoms with Crippen LogP contribution in [-0.4, -0.2) is 82.2 Å². The first-order chi connectivity index (χ1) is 23.7. The maximum absolute atomic E-state index is 14.3.